The number of likely N-dealkylation sites (tertiary alicyclic amines) is 1. The van der Waals surface area contributed by atoms with E-state index in [1.807, 2.05) is 48.5 Å². The normalized spacial score (nSPS) is 22.1. The number of benzene rings is 2. The maximum absolute atomic E-state index is 12.8. The van der Waals surface area contributed by atoms with Gasteiger partial charge in [0.2, 0.25) is 5.91 Å². The Morgan fingerprint density at radius 3 is 2.68 bits per heavy atom. The van der Waals surface area contributed by atoms with E-state index in [0.717, 1.165) is 36.3 Å². The number of carbonyl (C=O) groups is 1. The Bertz CT molecular complexity index is 983. The molecule has 6 nitrogen and oxygen atoms in total. The van der Waals surface area contributed by atoms with E-state index in [1.54, 1.807) is 0 Å². The van der Waals surface area contributed by atoms with Crippen molar-refractivity contribution in [2.75, 3.05) is 13.1 Å². The predicted octanol–water partition coefficient (Wildman–Crippen LogP) is 4.15. The molecule has 1 aliphatic heterocycles. The minimum atomic E-state index is -0.872. The standard InChI is InChI=1S/C28H36N4O2/c29-20-28(31-27(33)26(30)17-22-8-3-1-4-9-22)14-15-32(21-28)18-24-12-7-13-25(16-24)34-19-23-10-5-2-6-11-23/h2,5-7,10-13,16,22,26H,1,3-4,8-9,14-15,17-19,21,30H2,(H,31,33). The van der Waals surface area contributed by atoms with E-state index in [2.05, 4.69) is 22.4 Å². The summed E-state index contributed by atoms with van der Waals surface area (Å²) >= 11 is 0. The fourth-order valence-electron chi connectivity index (χ4n) is 5.20. The van der Waals surface area contributed by atoms with Crippen LogP contribution in [0.15, 0.2) is 54.6 Å². The molecule has 1 amide bonds. The molecule has 0 aromatic heterocycles. The van der Waals surface area contributed by atoms with Gasteiger partial charge in [-0.1, -0.05) is 74.6 Å². The number of nitrogens with two attached hydrogens (primary N) is 1. The van der Waals surface area contributed by atoms with Crippen LogP contribution in [0.3, 0.4) is 0 Å². The third-order valence-corrected chi connectivity index (χ3v) is 7.13. The minimum Gasteiger partial charge on any atom is -0.489 e. The van der Waals surface area contributed by atoms with Gasteiger partial charge >= 0.3 is 0 Å². The molecular formula is C28H36N4O2. The van der Waals surface area contributed by atoms with Crippen LogP contribution >= 0.6 is 0 Å². The average Bonchev–Trinajstić information content (AvgIpc) is 3.27. The average molecular weight is 461 g/mol. The first-order valence-corrected chi connectivity index (χ1v) is 12.5. The maximum atomic E-state index is 12.8. The SMILES string of the molecule is N#CC1(NC(=O)C(N)CC2CCCCC2)CCN(Cc2cccc(OCc3ccccc3)c2)C1. The van der Waals surface area contributed by atoms with Gasteiger partial charge in [-0.2, -0.15) is 5.26 Å². The summed E-state index contributed by atoms with van der Waals surface area (Å²) in [6, 6.07) is 20.0. The monoisotopic (exact) mass is 460 g/mol. The van der Waals surface area contributed by atoms with Crippen LogP contribution in [0.4, 0.5) is 0 Å². The Morgan fingerprint density at radius 2 is 1.91 bits per heavy atom. The van der Waals surface area contributed by atoms with Crippen LogP contribution in [0, 0.1) is 17.2 Å². The number of carbonyl (C=O) groups excluding carboxylic acids is 1. The van der Waals surface area contributed by atoms with E-state index in [4.69, 9.17) is 10.5 Å². The van der Waals surface area contributed by atoms with Crippen molar-refractivity contribution in [2.45, 2.75) is 69.7 Å². The number of ether oxygens (including phenoxy) is 1. The summed E-state index contributed by atoms with van der Waals surface area (Å²) in [4.78, 5) is 15.0. The first-order valence-electron chi connectivity index (χ1n) is 12.5. The van der Waals surface area contributed by atoms with Gasteiger partial charge in [0.25, 0.3) is 0 Å². The molecule has 180 valence electrons. The van der Waals surface area contributed by atoms with Crippen molar-refractivity contribution >= 4 is 5.91 Å². The number of nitriles is 1. The largest absolute Gasteiger partial charge is 0.489 e. The molecule has 6 heteroatoms. The minimum absolute atomic E-state index is 0.190. The van der Waals surface area contributed by atoms with E-state index in [9.17, 15) is 10.1 Å². The van der Waals surface area contributed by atoms with Crippen LogP contribution in [0.25, 0.3) is 0 Å². The van der Waals surface area contributed by atoms with Crippen LogP contribution < -0.4 is 15.8 Å². The second-order valence-electron chi connectivity index (χ2n) is 9.91. The molecule has 2 unspecified atom stereocenters. The first kappa shape index (κ1) is 24.3. The van der Waals surface area contributed by atoms with Gasteiger partial charge < -0.3 is 15.8 Å². The van der Waals surface area contributed by atoms with Gasteiger partial charge in [-0.3, -0.25) is 9.69 Å². The molecule has 1 saturated carbocycles. The highest BCUT2D eigenvalue weighted by molar-refractivity contribution is 5.82. The van der Waals surface area contributed by atoms with Gasteiger partial charge in [0.05, 0.1) is 12.1 Å². The molecule has 1 aliphatic carbocycles. The van der Waals surface area contributed by atoms with Crippen LogP contribution in [0.1, 0.15) is 56.1 Å². The van der Waals surface area contributed by atoms with Crippen molar-refractivity contribution in [3.8, 4) is 11.8 Å². The fraction of sp³-hybridized carbons (Fsp3) is 0.500. The highest BCUT2D eigenvalue weighted by atomic mass is 16.5. The van der Waals surface area contributed by atoms with Crippen LogP contribution in [0.5, 0.6) is 5.75 Å². The molecule has 2 aliphatic rings. The zero-order valence-corrected chi connectivity index (χ0v) is 19.9. The first-order chi connectivity index (χ1) is 16.5. The van der Waals surface area contributed by atoms with Crippen molar-refractivity contribution in [2.24, 2.45) is 11.7 Å². The topological polar surface area (TPSA) is 91.4 Å². The predicted molar refractivity (Wildman–Crippen MR) is 133 cm³/mol. The summed E-state index contributed by atoms with van der Waals surface area (Å²) in [5.74, 6) is 1.17. The fourth-order valence-corrected chi connectivity index (χ4v) is 5.20. The zero-order valence-electron chi connectivity index (χ0n) is 19.9. The van der Waals surface area contributed by atoms with Crippen molar-refractivity contribution in [3.05, 3.63) is 65.7 Å². The van der Waals surface area contributed by atoms with Crippen molar-refractivity contribution in [1.82, 2.24) is 10.2 Å². The molecule has 0 bridgehead atoms. The third kappa shape index (κ3) is 6.59. The molecule has 2 fully saturated rings. The molecule has 3 N–H and O–H groups in total. The zero-order chi connectivity index (χ0) is 23.8. The van der Waals surface area contributed by atoms with E-state index in [-0.39, 0.29) is 5.91 Å². The maximum Gasteiger partial charge on any atom is 0.238 e. The second-order valence-corrected chi connectivity index (χ2v) is 9.91. The lowest BCUT2D eigenvalue weighted by molar-refractivity contribution is -0.124. The number of hydrogen-bond donors (Lipinski definition) is 2. The Labute approximate surface area is 203 Å². The summed E-state index contributed by atoms with van der Waals surface area (Å²) < 4.78 is 5.96. The van der Waals surface area contributed by atoms with Gasteiger partial charge in [0, 0.05) is 19.6 Å². The summed E-state index contributed by atoms with van der Waals surface area (Å²) in [6.45, 7) is 2.48. The van der Waals surface area contributed by atoms with Gasteiger partial charge in [-0.25, -0.2) is 0 Å². The smallest absolute Gasteiger partial charge is 0.238 e. The molecule has 4 rings (SSSR count). The van der Waals surface area contributed by atoms with Crippen molar-refractivity contribution < 1.29 is 9.53 Å². The number of rotatable bonds is 9. The highest BCUT2D eigenvalue weighted by Crippen LogP contribution is 2.28. The Hall–Kier alpha value is -2.88. The van der Waals surface area contributed by atoms with Crippen LogP contribution in [-0.2, 0) is 17.9 Å². The lowest BCUT2D eigenvalue weighted by Gasteiger charge is -2.28. The summed E-state index contributed by atoms with van der Waals surface area (Å²) in [5.41, 5.74) is 7.62. The molecule has 2 atom stereocenters. The van der Waals surface area contributed by atoms with Gasteiger partial charge in [-0.05, 0) is 42.0 Å². The molecule has 0 radical (unpaired) electrons. The Kier molecular flexibility index (Phi) is 8.21. The summed E-state index contributed by atoms with van der Waals surface area (Å²) in [6.07, 6.45) is 7.39. The molecule has 0 spiro atoms. The van der Waals surface area contributed by atoms with E-state index < -0.39 is 11.6 Å². The molecule has 1 saturated heterocycles. The molecule has 2 aromatic rings. The van der Waals surface area contributed by atoms with E-state index >= 15 is 0 Å². The highest BCUT2D eigenvalue weighted by Gasteiger charge is 2.40. The second kappa shape index (κ2) is 11.5. The molecule has 34 heavy (non-hydrogen) atoms. The molecule has 2 aromatic carbocycles. The number of nitrogens with one attached hydrogen (secondary N) is 1. The number of amides is 1. The van der Waals surface area contributed by atoms with Crippen molar-refractivity contribution in [3.63, 3.8) is 0 Å². The summed E-state index contributed by atoms with van der Waals surface area (Å²) in [7, 11) is 0. The Morgan fingerprint density at radius 1 is 1.15 bits per heavy atom. The number of hydrogen-bond acceptors (Lipinski definition) is 5. The van der Waals surface area contributed by atoms with Crippen LogP contribution in [0.2, 0.25) is 0 Å². The Balaban J connectivity index is 1.29. The van der Waals surface area contributed by atoms with Crippen molar-refractivity contribution in [1.29, 1.82) is 5.26 Å². The lowest BCUT2D eigenvalue weighted by Crippen LogP contribution is -2.54. The van der Waals surface area contributed by atoms with Gasteiger partial charge in [-0.15, -0.1) is 0 Å². The summed E-state index contributed by atoms with van der Waals surface area (Å²) in [5, 5.41) is 12.9. The van der Waals surface area contributed by atoms with E-state index in [0.29, 0.717) is 38.5 Å². The molecular weight excluding hydrogens is 424 g/mol. The van der Waals surface area contributed by atoms with Gasteiger partial charge in [0.1, 0.15) is 17.9 Å². The van der Waals surface area contributed by atoms with Gasteiger partial charge in [0.15, 0.2) is 0 Å². The quantitative estimate of drug-likeness (QED) is 0.587. The number of nitrogens with zero attached hydrogens (tertiary/aromatic N) is 2. The molecule has 1 heterocycles. The van der Waals surface area contributed by atoms with Crippen LogP contribution in [-0.4, -0.2) is 35.5 Å². The van der Waals surface area contributed by atoms with E-state index in [1.165, 1.54) is 19.3 Å². The third-order valence-electron chi connectivity index (χ3n) is 7.13. The lowest BCUT2D eigenvalue weighted by atomic mass is 9.84.